The van der Waals surface area contributed by atoms with Crippen molar-refractivity contribution >= 4 is 35.4 Å². The van der Waals surface area contributed by atoms with Crippen LogP contribution >= 0.6 is 0 Å². The number of carbonyl (C=O) groups excluding carboxylic acids is 3. The van der Waals surface area contributed by atoms with Crippen LogP contribution in [0, 0.1) is 0 Å². The second-order valence-corrected chi connectivity index (χ2v) is 8.05. The summed E-state index contributed by atoms with van der Waals surface area (Å²) in [5, 5.41) is 2.68. The average molecular weight is 481 g/mol. The number of benzene rings is 1. The number of morpholine rings is 1. The third-order valence-corrected chi connectivity index (χ3v) is 5.68. The van der Waals surface area contributed by atoms with Gasteiger partial charge in [-0.2, -0.15) is 0 Å². The molecule has 10 nitrogen and oxygen atoms in total. The van der Waals surface area contributed by atoms with Crippen LogP contribution in [0.5, 0.6) is 0 Å². The Morgan fingerprint density at radius 3 is 2.69 bits per heavy atom. The summed E-state index contributed by atoms with van der Waals surface area (Å²) in [6, 6.07) is 10.5. The largest absolute Gasteiger partial charge is 0.425 e. The molecule has 0 aliphatic carbocycles. The molecule has 0 bridgehead atoms. The van der Waals surface area contributed by atoms with E-state index in [1.807, 2.05) is 6.92 Å². The molecule has 2 aliphatic rings. The lowest BCUT2D eigenvalue weighted by Crippen LogP contribution is -2.41. The Hall–Kier alpha value is -3.76. The minimum atomic E-state index is -0.758. The molecule has 2 aliphatic heterocycles. The van der Waals surface area contributed by atoms with Crippen LogP contribution in [0.3, 0.4) is 0 Å². The molecule has 0 saturated carbocycles. The van der Waals surface area contributed by atoms with Crippen LogP contribution in [-0.4, -0.2) is 73.0 Å². The first-order valence-electron chi connectivity index (χ1n) is 11.5. The van der Waals surface area contributed by atoms with Crippen LogP contribution in [-0.2, 0) is 23.8 Å². The number of carbonyl (C=O) groups is 3. The van der Waals surface area contributed by atoms with Crippen LogP contribution < -0.4 is 10.2 Å². The summed E-state index contributed by atoms with van der Waals surface area (Å²) in [6.45, 7) is 3.73. The van der Waals surface area contributed by atoms with E-state index >= 15 is 0 Å². The van der Waals surface area contributed by atoms with Gasteiger partial charge in [0.15, 0.2) is 6.23 Å². The maximum absolute atomic E-state index is 12.8. The van der Waals surface area contributed by atoms with Crippen molar-refractivity contribution < 1.29 is 28.6 Å². The average Bonchev–Trinajstić information content (AvgIpc) is 3.26. The van der Waals surface area contributed by atoms with Crippen molar-refractivity contribution in [2.75, 3.05) is 43.1 Å². The fourth-order valence-corrected chi connectivity index (χ4v) is 3.99. The number of aromatic nitrogens is 1. The van der Waals surface area contributed by atoms with E-state index in [4.69, 9.17) is 14.2 Å². The highest BCUT2D eigenvalue weighted by molar-refractivity contribution is 5.95. The molecule has 35 heavy (non-hydrogen) atoms. The van der Waals surface area contributed by atoms with Crippen LogP contribution in [0.25, 0.3) is 6.08 Å². The monoisotopic (exact) mass is 480 g/mol. The number of pyridine rings is 1. The van der Waals surface area contributed by atoms with Gasteiger partial charge in [0.1, 0.15) is 6.61 Å². The van der Waals surface area contributed by atoms with Gasteiger partial charge in [-0.3, -0.25) is 19.9 Å². The van der Waals surface area contributed by atoms with Gasteiger partial charge in [0, 0.05) is 49.4 Å². The lowest BCUT2D eigenvalue weighted by atomic mass is 10.2. The van der Waals surface area contributed by atoms with E-state index in [-0.39, 0.29) is 24.5 Å². The van der Waals surface area contributed by atoms with Crippen LogP contribution in [0.1, 0.15) is 18.9 Å². The molecule has 0 unspecified atom stereocenters. The van der Waals surface area contributed by atoms with Gasteiger partial charge >= 0.3 is 6.09 Å². The number of rotatable bonds is 7. The van der Waals surface area contributed by atoms with Gasteiger partial charge in [0.05, 0.1) is 19.3 Å². The Kier molecular flexibility index (Phi) is 8.07. The van der Waals surface area contributed by atoms with Crippen molar-refractivity contribution in [2.24, 2.45) is 0 Å². The van der Waals surface area contributed by atoms with Gasteiger partial charge < -0.3 is 24.0 Å². The van der Waals surface area contributed by atoms with Crippen LogP contribution in [0.15, 0.2) is 54.9 Å². The fraction of sp³-hybridized carbons (Fsp3) is 0.360. The molecular weight excluding hydrogens is 452 g/mol. The molecule has 184 valence electrons. The Labute approximate surface area is 203 Å². The van der Waals surface area contributed by atoms with E-state index in [0.29, 0.717) is 38.4 Å². The van der Waals surface area contributed by atoms with E-state index in [1.165, 1.54) is 11.0 Å². The summed E-state index contributed by atoms with van der Waals surface area (Å²) >= 11 is 0. The lowest BCUT2D eigenvalue weighted by Gasteiger charge is -2.27. The Balaban J connectivity index is 1.37. The highest BCUT2D eigenvalue weighted by Crippen LogP contribution is 2.24. The first-order valence-corrected chi connectivity index (χ1v) is 11.5. The molecule has 1 aromatic carbocycles. The second-order valence-electron chi connectivity index (χ2n) is 8.05. The molecule has 2 aromatic rings. The van der Waals surface area contributed by atoms with Gasteiger partial charge in [0.25, 0.3) is 5.91 Å². The van der Waals surface area contributed by atoms with Crippen molar-refractivity contribution in [2.45, 2.75) is 25.7 Å². The molecular formula is C25H28N4O6. The molecule has 3 amide bonds. The molecule has 1 aromatic heterocycles. The summed E-state index contributed by atoms with van der Waals surface area (Å²) in [5.74, 6) is -0.384. The normalized spacial score (nSPS) is 20.3. The van der Waals surface area contributed by atoms with E-state index in [2.05, 4.69) is 10.3 Å². The van der Waals surface area contributed by atoms with Gasteiger partial charge in [-0.1, -0.05) is 0 Å². The predicted molar refractivity (Wildman–Crippen MR) is 129 cm³/mol. The Morgan fingerprint density at radius 1 is 1.20 bits per heavy atom. The molecule has 1 N–H and O–H groups in total. The van der Waals surface area contributed by atoms with Crippen molar-refractivity contribution in [1.82, 2.24) is 9.88 Å². The quantitative estimate of drug-likeness (QED) is 0.607. The number of hydrogen-bond acceptors (Lipinski definition) is 7. The van der Waals surface area contributed by atoms with E-state index in [9.17, 15) is 14.4 Å². The first-order chi connectivity index (χ1) is 17.0. The third kappa shape index (κ3) is 6.43. The van der Waals surface area contributed by atoms with Crippen molar-refractivity contribution in [3.63, 3.8) is 0 Å². The molecule has 2 fully saturated rings. The number of nitrogens with zero attached hydrogens (tertiary/aromatic N) is 3. The van der Waals surface area contributed by atoms with E-state index < -0.39 is 12.3 Å². The number of anilines is 2. The highest BCUT2D eigenvalue weighted by Gasteiger charge is 2.37. The van der Waals surface area contributed by atoms with Crippen molar-refractivity contribution in [3.8, 4) is 0 Å². The Morgan fingerprint density at radius 2 is 1.97 bits per heavy atom. The second kappa shape index (κ2) is 11.6. The van der Waals surface area contributed by atoms with E-state index in [1.54, 1.807) is 59.8 Å². The summed E-state index contributed by atoms with van der Waals surface area (Å²) in [6.07, 6.45) is 5.15. The maximum Gasteiger partial charge on any atom is 0.413 e. The first kappa shape index (κ1) is 24.4. The summed E-state index contributed by atoms with van der Waals surface area (Å²) in [5.41, 5.74) is 2.07. The van der Waals surface area contributed by atoms with Gasteiger partial charge in [-0.05, 0) is 55.0 Å². The molecule has 2 saturated heterocycles. The number of amides is 3. The number of hydrogen-bond donors (Lipinski definition) is 1. The molecule has 2 atom stereocenters. The topological polar surface area (TPSA) is 110 Å². The third-order valence-electron chi connectivity index (χ3n) is 5.68. The Bertz CT molecular complexity index is 1060. The zero-order chi connectivity index (χ0) is 24.6. The van der Waals surface area contributed by atoms with Crippen LogP contribution in [0.4, 0.5) is 16.2 Å². The fourth-order valence-electron chi connectivity index (χ4n) is 3.99. The summed E-state index contributed by atoms with van der Waals surface area (Å²) in [4.78, 5) is 44.5. The molecule has 4 rings (SSSR count). The summed E-state index contributed by atoms with van der Waals surface area (Å²) in [7, 11) is 0. The van der Waals surface area contributed by atoms with Gasteiger partial charge in [-0.25, -0.2) is 4.79 Å². The predicted octanol–water partition coefficient (Wildman–Crippen LogP) is 2.67. The molecule has 0 spiro atoms. The van der Waals surface area contributed by atoms with Gasteiger partial charge in [0.2, 0.25) is 5.91 Å². The van der Waals surface area contributed by atoms with Gasteiger partial charge in [-0.15, -0.1) is 0 Å². The lowest BCUT2D eigenvalue weighted by molar-refractivity contribution is -0.132. The number of nitrogens with one attached hydrogen (secondary N) is 1. The maximum atomic E-state index is 12.8. The van der Waals surface area contributed by atoms with E-state index in [0.717, 1.165) is 11.3 Å². The smallest absolute Gasteiger partial charge is 0.413 e. The molecule has 0 radical (unpaired) electrons. The zero-order valence-corrected chi connectivity index (χ0v) is 19.5. The van der Waals surface area contributed by atoms with Crippen molar-refractivity contribution in [3.05, 3.63) is 60.4 Å². The highest BCUT2D eigenvalue weighted by atomic mass is 16.6. The number of likely N-dealkylation sites (tertiary alicyclic amines) is 1. The minimum absolute atomic E-state index is 0.0589. The van der Waals surface area contributed by atoms with Crippen LogP contribution in [0.2, 0.25) is 0 Å². The summed E-state index contributed by atoms with van der Waals surface area (Å²) < 4.78 is 16.4. The molecule has 10 heteroatoms. The molecule has 3 heterocycles. The SMILES string of the molecule is CCO[C@@H]1C[C@@H](OC(=O)Nc2ccc(N3CCOCC3=O)cc2)N(C(=O)/C=C/c2ccncc2)C1. The zero-order valence-electron chi connectivity index (χ0n) is 19.5. The number of ether oxygens (including phenoxy) is 3. The minimum Gasteiger partial charge on any atom is -0.425 e. The standard InChI is InChI=1S/C25H28N4O6/c1-2-34-21-15-24(29(16-21)22(30)8-3-18-9-11-26-12-10-18)35-25(32)27-19-4-6-20(7-5-19)28-13-14-33-17-23(28)31/h3-12,21,24H,2,13-17H2,1H3,(H,27,32)/b8-3+/t21-,24-/m1/s1. The van der Waals surface area contributed by atoms with Crippen molar-refractivity contribution in [1.29, 1.82) is 0 Å².